The van der Waals surface area contributed by atoms with Gasteiger partial charge in [-0.3, -0.25) is 0 Å². The monoisotopic (exact) mass is 269 g/mol. The molecule has 2 aromatic heterocycles. The van der Waals surface area contributed by atoms with Crippen LogP contribution in [0.4, 0.5) is 5.95 Å². The largest absolute Gasteiger partial charge is 0.368 e. The second-order valence-electron chi connectivity index (χ2n) is 3.91. The van der Waals surface area contributed by atoms with E-state index in [-0.39, 0.29) is 5.95 Å². The minimum absolute atomic E-state index is 0.217. The van der Waals surface area contributed by atoms with E-state index in [0.29, 0.717) is 27.4 Å². The lowest BCUT2D eigenvalue weighted by atomic mass is 10.1. The zero-order chi connectivity index (χ0) is 13.4. The molecule has 2 heterocycles. The molecule has 3 aromatic rings. The van der Waals surface area contributed by atoms with Crippen LogP contribution in [0.3, 0.4) is 0 Å². The normalized spacial score (nSPS) is 10.5. The van der Waals surface area contributed by atoms with Gasteiger partial charge in [0.15, 0.2) is 0 Å². The molecular formula is C13H8ClN5. The molecule has 0 atom stereocenters. The Hall–Kier alpha value is -2.58. The minimum Gasteiger partial charge on any atom is -0.368 e. The standard InChI is InChI=1S/C13H8ClN5/c14-10-4-2-1-3-8(10)12-9(7-15)11-5-6-17-19(11)13(16)18-12/h1-6H,(H2,16,18). The Kier molecular flexibility index (Phi) is 2.58. The number of benzene rings is 1. The maximum Gasteiger partial charge on any atom is 0.222 e. The summed E-state index contributed by atoms with van der Waals surface area (Å²) in [6, 6.07) is 11.1. The van der Waals surface area contributed by atoms with E-state index in [1.54, 1.807) is 24.4 Å². The second kappa shape index (κ2) is 4.26. The smallest absolute Gasteiger partial charge is 0.222 e. The predicted molar refractivity (Wildman–Crippen MR) is 72.6 cm³/mol. The van der Waals surface area contributed by atoms with Crippen molar-refractivity contribution in [3.8, 4) is 17.3 Å². The summed E-state index contributed by atoms with van der Waals surface area (Å²) in [5.41, 5.74) is 8.02. The molecule has 6 heteroatoms. The Morgan fingerprint density at radius 2 is 2.05 bits per heavy atom. The van der Waals surface area contributed by atoms with Gasteiger partial charge in [0.25, 0.3) is 0 Å². The van der Waals surface area contributed by atoms with Gasteiger partial charge in [0, 0.05) is 5.56 Å². The fourth-order valence-electron chi connectivity index (χ4n) is 1.97. The van der Waals surface area contributed by atoms with Crippen LogP contribution in [0.5, 0.6) is 0 Å². The van der Waals surface area contributed by atoms with Gasteiger partial charge >= 0.3 is 0 Å². The summed E-state index contributed by atoms with van der Waals surface area (Å²) in [7, 11) is 0. The predicted octanol–water partition coefficient (Wildman–Crippen LogP) is 2.50. The number of nitrogens with zero attached hydrogens (tertiary/aromatic N) is 4. The van der Waals surface area contributed by atoms with Crippen LogP contribution in [0.15, 0.2) is 36.5 Å². The highest BCUT2D eigenvalue weighted by atomic mass is 35.5. The maximum atomic E-state index is 9.36. The van der Waals surface area contributed by atoms with Crippen molar-refractivity contribution < 1.29 is 0 Å². The number of fused-ring (bicyclic) bond motifs is 1. The number of aromatic nitrogens is 3. The van der Waals surface area contributed by atoms with Crippen molar-refractivity contribution in [1.29, 1.82) is 5.26 Å². The number of nitriles is 1. The third kappa shape index (κ3) is 1.70. The molecule has 0 aliphatic rings. The SMILES string of the molecule is N#Cc1c(-c2ccccc2Cl)nc(N)n2nccc12. The van der Waals surface area contributed by atoms with E-state index in [4.69, 9.17) is 17.3 Å². The van der Waals surface area contributed by atoms with Crippen molar-refractivity contribution >= 4 is 23.1 Å². The number of hydrogen-bond acceptors (Lipinski definition) is 4. The summed E-state index contributed by atoms with van der Waals surface area (Å²) in [6.07, 6.45) is 1.57. The van der Waals surface area contributed by atoms with E-state index in [1.807, 2.05) is 12.1 Å². The number of anilines is 1. The molecule has 2 N–H and O–H groups in total. The Morgan fingerprint density at radius 3 is 2.79 bits per heavy atom. The summed E-state index contributed by atoms with van der Waals surface area (Å²) < 4.78 is 1.43. The Labute approximate surface area is 113 Å². The molecule has 19 heavy (non-hydrogen) atoms. The van der Waals surface area contributed by atoms with Gasteiger partial charge in [0.1, 0.15) is 11.6 Å². The molecule has 0 radical (unpaired) electrons. The van der Waals surface area contributed by atoms with Crippen molar-refractivity contribution in [3.05, 3.63) is 47.1 Å². The summed E-state index contributed by atoms with van der Waals surface area (Å²) in [5.74, 6) is 0.217. The molecule has 0 saturated carbocycles. The third-order valence-corrected chi connectivity index (χ3v) is 3.15. The summed E-state index contributed by atoms with van der Waals surface area (Å²) >= 11 is 6.15. The highest BCUT2D eigenvalue weighted by Crippen LogP contribution is 2.31. The molecule has 0 unspecified atom stereocenters. The van der Waals surface area contributed by atoms with Crippen molar-refractivity contribution in [2.45, 2.75) is 0 Å². The van der Waals surface area contributed by atoms with Gasteiger partial charge in [-0.2, -0.15) is 14.9 Å². The highest BCUT2D eigenvalue weighted by Gasteiger charge is 2.16. The molecule has 0 fully saturated rings. The highest BCUT2D eigenvalue weighted by molar-refractivity contribution is 6.33. The number of halogens is 1. The number of nitrogen functional groups attached to an aromatic ring is 1. The topological polar surface area (TPSA) is 80.0 Å². The van der Waals surface area contributed by atoms with E-state index in [2.05, 4.69) is 16.2 Å². The minimum atomic E-state index is 0.217. The molecule has 0 amide bonds. The van der Waals surface area contributed by atoms with E-state index < -0.39 is 0 Å². The molecule has 3 rings (SSSR count). The Balaban J connectivity index is 2.42. The van der Waals surface area contributed by atoms with Gasteiger partial charge in [-0.1, -0.05) is 29.8 Å². The van der Waals surface area contributed by atoms with Gasteiger partial charge in [0.05, 0.1) is 22.4 Å². The number of rotatable bonds is 1. The zero-order valence-corrected chi connectivity index (χ0v) is 10.5. The van der Waals surface area contributed by atoms with E-state index >= 15 is 0 Å². The van der Waals surface area contributed by atoms with Crippen LogP contribution in [0.1, 0.15) is 5.56 Å². The van der Waals surface area contributed by atoms with Crippen molar-refractivity contribution in [1.82, 2.24) is 14.6 Å². The first kappa shape index (κ1) is 11.5. The molecular weight excluding hydrogens is 262 g/mol. The third-order valence-electron chi connectivity index (χ3n) is 2.82. The van der Waals surface area contributed by atoms with E-state index in [1.165, 1.54) is 4.52 Å². The van der Waals surface area contributed by atoms with Gasteiger partial charge in [0.2, 0.25) is 5.95 Å². The molecule has 0 aliphatic heterocycles. The lowest BCUT2D eigenvalue weighted by Gasteiger charge is -2.08. The fraction of sp³-hybridized carbons (Fsp3) is 0. The molecule has 92 valence electrons. The quantitative estimate of drug-likeness (QED) is 0.736. The first-order valence-electron chi connectivity index (χ1n) is 5.50. The van der Waals surface area contributed by atoms with E-state index in [0.717, 1.165) is 0 Å². The maximum absolute atomic E-state index is 9.36. The lowest BCUT2D eigenvalue weighted by Crippen LogP contribution is -2.05. The Bertz CT molecular complexity index is 816. The summed E-state index contributed by atoms with van der Waals surface area (Å²) in [4.78, 5) is 4.25. The molecule has 0 spiro atoms. The van der Waals surface area contributed by atoms with E-state index in [9.17, 15) is 5.26 Å². The molecule has 5 nitrogen and oxygen atoms in total. The molecule has 1 aromatic carbocycles. The van der Waals surface area contributed by atoms with Crippen LogP contribution in [0.25, 0.3) is 16.8 Å². The summed E-state index contributed by atoms with van der Waals surface area (Å²) in [5, 5.41) is 13.9. The summed E-state index contributed by atoms with van der Waals surface area (Å²) in [6.45, 7) is 0. The van der Waals surface area contributed by atoms with Crippen LogP contribution in [0.2, 0.25) is 5.02 Å². The fourth-order valence-corrected chi connectivity index (χ4v) is 2.20. The van der Waals surface area contributed by atoms with Crippen molar-refractivity contribution in [3.63, 3.8) is 0 Å². The lowest BCUT2D eigenvalue weighted by molar-refractivity contribution is 0.938. The van der Waals surface area contributed by atoms with Crippen LogP contribution in [-0.4, -0.2) is 14.6 Å². The van der Waals surface area contributed by atoms with Crippen LogP contribution >= 0.6 is 11.6 Å². The molecule has 0 aliphatic carbocycles. The Morgan fingerprint density at radius 1 is 1.26 bits per heavy atom. The average Bonchev–Trinajstić information content (AvgIpc) is 2.89. The number of hydrogen-bond donors (Lipinski definition) is 1. The van der Waals surface area contributed by atoms with Crippen LogP contribution < -0.4 is 5.73 Å². The molecule has 0 saturated heterocycles. The van der Waals surface area contributed by atoms with Gasteiger partial charge in [-0.25, -0.2) is 4.98 Å². The van der Waals surface area contributed by atoms with Gasteiger partial charge in [-0.05, 0) is 12.1 Å². The van der Waals surface area contributed by atoms with Crippen molar-refractivity contribution in [2.24, 2.45) is 0 Å². The molecule has 0 bridgehead atoms. The van der Waals surface area contributed by atoms with Gasteiger partial charge < -0.3 is 5.73 Å². The average molecular weight is 270 g/mol. The van der Waals surface area contributed by atoms with Gasteiger partial charge in [-0.15, -0.1) is 0 Å². The zero-order valence-electron chi connectivity index (χ0n) is 9.71. The van der Waals surface area contributed by atoms with Crippen LogP contribution in [-0.2, 0) is 0 Å². The first-order valence-corrected chi connectivity index (χ1v) is 5.88. The number of nitrogens with two attached hydrogens (primary N) is 1. The van der Waals surface area contributed by atoms with Crippen LogP contribution in [0, 0.1) is 11.3 Å². The second-order valence-corrected chi connectivity index (χ2v) is 4.32. The first-order chi connectivity index (χ1) is 9.22. The van der Waals surface area contributed by atoms with Crippen molar-refractivity contribution in [2.75, 3.05) is 5.73 Å².